The minimum Gasteiger partial charge on any atom is -0.496 e. The van der Waals surface area contributed by atoms with Crippen LogP contribution >= 0.6 is 0 Å². The number of hydrogen-bond acceptors (Lipinski definition) is 5. The summed E-state index contributed by atoms with van der Waals surface area (Å²) in [6, 6.07) is 4.90. The number of fused-ring (bicyclic) bond motifs is 1. The van der Waals surface area contributed by atoms with Gasteiger partial charge in [-0.1, -0.05) is 12.1 Å². The number of carbonyl (C=O) groups is 2. The average Bonchev–Trinajstić information content (AvgIpc) is 2.63. The average molecular weight is 250 g/mol. The molecule has 0 radical (unpaired) electrons. The van der Waals surface area contributed by atoms with Gasteiger partial charge in [0.1, 0.15) is 5.75 Å². The van der Waals surface area contributed by atoms with E-state index in [1.165, 1.54) is 7.11 Å². The maximum absolute atomic E-state index is 12.1. The summed E-state index contributed by atoms with van der Waals surface area (Å²) in [7, 11) is 1.47. The van der Waals surface area contributed by atoms with Crippen LogP contribution in [0.4, 0.5) is 0 Å². The molecule has 0 saturated heterocycles. The first-order chi connectivity index (χ1) is 8.54. The zero-order valence-corrected chi connectivity index (χ0v) is 10.2. The number of benzene rings is 1. The minimum atomic E-state index is -2.12. The number of esters is 1. The van der Waals surface area contributed by atoms with Crippen molar-refractivity contribution < 1.29 is 24.2 Å². The molecule has 1 aromatic carbocycles. The van der Waals surface area contributed by atoms with Gasteiger partial charge >= 0.3 is 5.97 Å². The van der Waals surface area contributed by atoms with E-state index in [9.17, 15) is 14.7 Å². The molecule has 2 rings (SSSR count). The van der Waals surface area contributed by atoms with Crippen LogP contribution in [0.1, 0.15) is 22.8 Å². The van der Waals surface area contributed by atoms with Crippen LogP contribution < -0.4 is 4.74 Å². The highest BCUT2D eigenvalue weighted by Crippen LogP contribution is 2.36. The first-order valence-corrected chi connectivity index (χ1v) is 5.65. The van der Waals surface area contributed by atoms with Gasteiger partial charge in [-0.3, -0.25) is 4.79 Å². The van der Waals surface area contributed by atoms with Gasteiger partial charge < -0.3 is 14.6 Å². The summed E-state index contributed by atoms with van der Waals surface area (Å²) in [6.07, 6.45) is -0.107. The number of rotatable bonds is 3. The molecule has 0 amide bonds. The Hall–Kier alpha value is -1.88. The number of hydrogen-bond donors (Lipinski definition) is 1. The lowest BCUT2D eigenvalue weighted by atomic mass is 9.99. The first kappa shape index (κ1) is 12.6. The molecule has 96 valence electrons. The van der Waals surface area contributed by atoms with Crippen molar-refractivity contribution in [2.75, 3.05) is 13.7 Å². The Morgan fingerprint density at radius 1 is 1.50 bits per heavy atom. The third kappa shape index (κ3) is 1.67. The predicted molar refractivity (Wildman–Crippen MR) is 62.6 cm³/mol. The number of ether oxygens (including phenoxy) is 2. The van der Waals surface area contributed by atoms with Crippen LogP contribution in [0.15, 0.2) is 18.2 Å². The molecule has 1 aliphatic carbocycles. The molecule has 1 atom stereocenters. The molecule has 18 heavy (non-hydrogen) atoms. The van der Waals surface area contributed by atoms with Crippen molar-refractivity contribution >= 4 is 11.8 Å². The topological polar surface area (TPSA) is 72.8 Å². The van der Waals surface area contributed by atoms with E-state index in [-0.39, 0.29) is 13.0 Å². The molecule has 0 fully saturated rings. The molecule has 0 unspecified atom stereocenters. The van der Waals surface area contributed by atoms with Crippen LogP contribution in [0.5, 0.6) is 5.75 Å². The van der Waals surface area contributed by atoms with Gasteiger partial charge in [0.15, 0.2) is 0 Å². The zero-order valence-electron chi connectivity index (χ0n) is 10.2. The van der Waals surface area contributed by atoms with E-state index in [1.807, 2.05) is 0 Å². The zero-order chi connectivity index (χ0) is 13.3. The van der Waals surface area contributed by atoms with Gasteiger partial charge in [0.25, 0.3) is 0 Å². The predicted octanol–water partition coefficient (Wildman–Crippen LogP) is 0.728. The van der Waals surface area contributed by atoms with Crippen LogP contribution in [0.2, 0.25) is 0 Å². The van der Waals surface area contributed by atoms with Gasteiger partial charge in [0.05, 0.1) is 13.7 Å². The number of methoxy groups -OCH3 is 1. The molecule has 0 heterocycles. The summed E-state index contributed by atoms with van der Waals surface area (Å²) in [5.74, 6) is -1.05. The number of aliphatic hydroxyl groups is 1. The maximum atomic E-state index is 12.1. The SMILES string of the molecule is CCOC(=O)[C@]1(O)Cc2c(OC)cccc2C1=O. The van der Waals surface area contributed by atoms with E-state index in [2.05, 4.69) is 0 Å². The molecule has 1 aliphatic rings. The molecule has 0 saturated carbocycles. The monoisotopic (exact) mass is 250 g/mol. The standard InChI is InChI=1S/C13H14O5/c1-3-18-12(15)13(16)7-9-8(11(13)14)5-4-6-10(9)17-2/h4-6,16H,3,7H2,1-2H3/t13-/m0/s1. The number of carbonyl (C=O) groups excluding carboxylic acids is 2. The van der Waals surface area contributed by atoms with Crippen LogP contribution in [0.25, 0.3) is 0 Å². The molecule has 5 heteroatoms. The van der Waals surface area contributed by atoms with Crippen LogP contribution in [0, 0.1) is 0 Å². The van der Waals surface area contributed by atoms with Gasteiger partial charge in [-0.05, 0) is 13.0 Å². The lowest BCUT2D eigenvalue weighted by Crippen LogP contribution is -2.45. The molecule has 0 spiro atoms. The molecule has 0 bridgehead atoms. The summed E-state index contributed by atoms with van der Waals surface area (Å²) >= 11 is 0. The molecule has 5 nitrogen and oxygen atoms in total. The highest BCUT2D eigenvalue weighted by Gasteiger charge is 2.52. The summed E-state index contributed by atoms with van der Waals surface area (Å²) in [5, 5.41) is 10.2. The fraction of sp³-hybridized carbons (Fsp3) is 0.385. The van der Waals surface area contributed by atoms with E-state index >= 15 is 0 Å². The van der Waals surface area contributed by atoms with E-state index < -0.39 is 17.4 Å². The summed E-state index contributed by atoms with van der Waals surface area (Å²) in [5.41, 5.74) is -1.27. The maximum Gasteiger partial charge on any atom is 0.346 e. The Morgan fingerprint density at radius 3 is 2.83 bits per heavy atom. The second kappa shape index (κ2) is 4.42. The minimum absolute atomic E-state index is 0.107. The van der Waals surface area contributed by atoms with Crippen molar-refractivity contribution in [1.82, 2.24) is 0 Å². The van der Waals surface area contributed by atoms with E-state index in [0.717, 1.165) is 0 Å². The second-order valence-electron chi connectivity index (χ2n) is 4.07. The number of Topliss-reactive ketones (excluding diaryl/α,β-unsaturated/α-hetero) is 1. The van der Waals surface area contributed by atoms with Crippen molar-refractivity contribution in [3.63, 3.8) is 0 Å². The van der Waals surface area contributed by atoms with Gasteiger partial charge in [-0.15, -0.1) is 0 Å². The Balaban J connectivity index is 2.44. The lowest BCUT2D eigenvalue weighted by Gasteiger charge is -2.17. The summed E-state index contributed by atoms with van der Waals surface area (Å²) in [4.78, 5) is 23.8. The fourth-order valence-electron chi connectivity index (χ4n) is 2.13. The van der Waals surface area contributed by atoms with Crippen molar-refractivity contribution in [3.05, 3.63) is 29.3 Å². The first-order valence-electron chi connectivity index (χ1n) is 5.65. The van der Waals surface area contributed by atoms with Gasteiger partial charge in [-0.25, -0.2) is 4.79 Å². The quantitative estimate of drug-likeness (QED) is 0.632. The van der Waals surface area contributed by atoms with E-state index in [0.29, 0.717) is 16.9 Å². The Bertz CT molecular complexity index is 508. The van der Waals surface area contributed by atoms with Crippen molar-refractivity contribution in [1.29, 1.82) is 0 Å². The third-order valence-corrected chi connectivity index (χ3v) is 3.02. The van der Waals surface area contributed by atoms with Crippen molar-refractivity contribution in [2.24, 2.45) is 0 Å². The van der Waals surface area contributed by atoms with Crippen LogP contribution in [0.3, 0.4) is 0 Å². The summed E-state index contributed by atoms with van der Waals surface area (Å²) in [6.45, 7) is 1.73. The molecular formula is C13H14O5. The van der Waals surface area contributed by atoms with Crippen molar-refractivity contribution in [3.8, 4) is 5.75 Å². The van der Waals surface area contributed by atoms with Crippen molar-refractivity contribution in [2.45, 2.75) is 18.9 Å². The smallest absolute Gasteiger partial charge is 0.346 e. The second-order valence-corrected chi connectivity index (χ2v) is 4.07. The van der Waals surface area contributed by atoms with Crippen LogP contribution in [-0.2, 0) is 16.0 Å². The number of ketones is 1. The highest BCUT2D eigenvalue weighted by molar-refractivity contribution is 6.19. The van der Waals surface area contributed by atoms with E-state index in [4.69, 9.17) is 9.47 Å². The Labute approximate surface area is 104 Å². The van der Waals surface area contributed by atoms with Gasteiger partial charge in [0, 0.05) is 17.5 Å². The fourth-order valence-corrected chi connectivity index (χ4v) is 2.13. The lowest BCUT2D eigenvalue weighted by molar-refractivity contribution is -0.159. The molecule has 1 aromatic rings. The van der Waals surface area contributed by atoms with E-state index in [1.54, 1.807) is 25.1 Å². The highest BCUT2D eigenvalue weighted by atomic mass is 16.5. The normalized spacial score (nSPS) is 21.6. The summed E-state index contributed by atoms with van der Waals surface area (Å²) < 4.78 is 9.88. The Morgan fingerprint density at radius 2 is 2.22 bits per heavy atom. The Kier molecular flexibility index (Phi) is 3.09. The molecule has 1 N–H and O–H groups in total. The molecular weight excluding hydrogens is 236 g/mol. The van der Waals surface area contributed by atoms with Crippen LogP contribution in [-0.4, -0.2) is 36.2 Å². The molecule has 0 aliphatic heterocycles. The molecule has 0 aromatic heterocycles. The van der Waals surface area contributed by atoms with Gasteiger partial charge in [-0.2, -0.15) is 0 Å². The largest absolute Gasteiger partial charge is 0.496 e. The third-order valence-electron chi connectivity index (χ3n) is 3.02. The van der Waals surface area contributed by atoms with Gasteiger partial charge in [0.2, 0.25) is 11.4 Å².